The van der Waals surface area contributed by atoms with Crippen molar-refractivity contribution in [2.75, 3.05) is 6.54 Å². The molecule has 1 fully saturated rings. The molecule has 3 heteroatoms. The molecule has 1 amide bonds. The van der Waals surface area contributed by atoms with Gasteiger partial charge in [-0.25, -0.2) is 0 Å². The molecule has 4 rings (SSSR count). The summed E-state index contributed by atoms with van der Waals surface area (Å²) in [4.78, 5) is 14.9. The maximum absolute atomic E-state index is 11.9. The average molecular weight is 266 g/mol. The van der Waals surface area contributed by atoms with Gasteiger partial charge in [-0.1, -0.05) is 24.3 Å². The Morgan fingerprint density at radius 1 is 1.30 bits per heavy atom. The molecule has 1 aromatic carbocycles. The van der Waals surface area contributed by atoms with E-state index in [9.17, 15) is 4.79 Å². The van der Waals surface area contributed by atoms with E-state index in [-0.39, 0.29) is 5.91 Å². The summed E-state index contributed by atoms with van der Waals surface area (Å²) >= 11 is 0. The van der Waals surface area contributed by atoms with Crippen LogP contribution in [0.5, 0.6) is 0 Å². The van der Waals surface area contributed by atoms with Crippen LogP contribution in [0.3, 0.4) is 0 Å². The van der Waals surface area contributed by atoms with Crippen LogP contribution in [-0.2, 0) is 11.8 Å². The van der Waals surface area contributed by atoms with Gasteiger partial charge in [0.25, 0.3) is 5.91 Å². The van der Waals surface area contributed by atoms with Gasteiger partial charge in [0, 0.05) is 18.2 Å². The SMILES string of the molecule is O=C(NC[C@H]1C[C@]12CCc1ccccc12)c1ccc[nH]1. The summed E-state index contributed by atoms with van der Waals surface area (Å²) in [5.74, 6) is 0.605. The van der Waals surface area contributed by atoms with E-state index in [0.717, 1.165) is 6.54 Å². The molecule has 3 nitrogen and oxygen atoms in total. The van der Waals surface area contributed by atoms with E-state index in [1.54, 1.807) is 6.20 Å². The van der Waals surface area contributed by atoms with Gasteiger partial charge in [0.1, 0.15) is 5.69 Å². The van der Waals surface area contributed by atoms with Crippen molar-refractivity contribution >= 4 is 5.91 Å². The molecule has 102 valence electrons. The van der Waals surface area contributed by atoms with Crippen LogP contribution in [-0.4, -0.2) is 17.4 Å². The zero-order valence-corrected chi connectivity index (χ0v) is 11.4. The molecule has 1 aromatic heterocycles. The van der Waals surface area contributed by atoms with Gasteiger partial charge in [0.15, 0.2) is 0 Å². The van der Waals surface area contributed by atoms with E-state index in [0.29, 0.717) is 17.0 Å². The van der Waals surface area contributed by atoms with Crippen LogP contribution >= 0.6 is 0 Å². The minimum absolute atomic E-state index is 0.00309. The normalized spacial score (nSPS) is 26.5. The smallest absolute Gasteiger partial charge is 0.267 e. The van der Waals surface area contributed by atoms with Crippen molar-refractivity contribution in [3.8, 4) is 0 Å². The summed E-state index contributed by atoms with van der Waals surface area (Å²) in [6, 6.07) is 12.4. The standard InChI is InChI=1S/C17H18N2O/c20-16(15-6-3-9-18-15)19-11-13-10-17(13)8-7-12-4-1-2-5-14(12)17/h1-6,9,13,18H,7-8,10-11H2,(H,19,20)/t13-,17-/m1/s1. The quantitative estimate of drug-likeness (QED) is 0.881. The van der Waals surface area contributed by atoms with E-state index in [1.165, 1.54) is 30.4 Å². The summed E-state index contributed by atoms with van der Waals surface area (Å²) < 4.78 is 0. The van der Waals surface area contributed by atoms with E-state index >= 15 is 0 Å². The summed E-state index contributed by atoms with van der Waals surface area (Å²) in [6.45, 7) is 0.784. The first-order valence-corrected chi connectivity index (χ1v) is 7.29. The predicted octanol–water partition coefficient (Wildman–Crippen LogP) is 2.65. The van der Waals surface area contributed by atoms with Gasteiger partial charge in [-0.2, -0.15) is 0 Å². The highest BCUT2D eigenvalue weighted by atomic mass is 16.1. The molecule has 0 radical (unpaired) electrons. The molecule has 1 spiro atoms. The predicted molar refractivity (Wildman–Crippen MR) is 77.7 cm³/mol. The van der Waals surface area contributed by atoms with Crippen molar-refractivity contribution in [2.45, 2.75) is 24.7 Å². The number of nitrogens with one attached hydrogen (secondary N) is 2. The average Bonchev–Trinajstić information content (AvgIpc) is 2.83. The fourth-order valence-corrected chi connectivity index (χ4v) is 3.78. The van der Waals surface area contributed by atoms with Crippen LogP contribution in [0.1, 0.15) is 34.5 Å². The zero-order chi connectivity index (χ0) is 13.6. The van der Waals surface area contributed by atoms with E-state index in [1.807, 2.05) is 12.1 Å². The van der Waals surface area contributed by atoms with E-state index in [2.05, 4.69) is 34.6 Å². The molecule has 0 saturated heterocycles. The summed E-state index contributed by atoms with van der Waals surface area (Å²) in [5.41, 5.74) is 4.04. The fourth-order valence-electron chi connectivity index (χ4n) is 3.78. The Labute approximate surface area is 118 Å². The van der Waals surface area contributed by atoms with Crippen LogP contribution in [0.2, 0.25) is 0 Å². The molecule has 2 aliphatic carbocycles. The Bertz CT molecular complexity index is 647. The van der Waals surface area contributed by atoms with Gasteiger partial charge in [0.05, 0.1) is 0 Å². The number of H-pyrrole nitrogens is 1. The molecule has 2 aromatic rings. The topological polar surface area (TPSA) is 44.9 Å². The lowest BCUT2D eigenvalue weighted by Crippen LogP contribution is -2.27. The third-order valence-corrected chi connectivity index (χ3v) is 4.98. The number of hydrogen-bond acceptors (Lipinski definition) is 1. The van der Waals surface area contributed by atoms with Crippen molar-refractivity contribution < 1.29 is 4.79 Å². The van der Waals surface area contributed by atoms with Crippen LogP contribution in [0.25, 0.3) is 0 Å². The third kappa shape index (κ3) is 1.69. The van der Waals surface area contributed by atoms with Crippen LogP contribution < -0.4 is 5.32 Å². The Morgan fingerprint density at radius 3 is 3.05 bits per heavy atom. The first-order chi connectivity index (χ1) is 9.79. The molecule has 2 N–H and O–H groups in total. The fraction of sp³-hybridized carbons (Fsp3) is 0.353. The lowest BCUT2D eigenvalue weighted by Gasteiger charge is -2.12. The van der Waals surface area contributed by atoms with Crippen molar-refractivity contribution in [2.24, 2.45) is 5.92 Å². The zero-order valence-electron chi connectivity index (χ0n) is 11.4. The van der Waals surface area contributed by atoms with Gasteiger partial charge in [-0.3, -0.25) is 4.79 Å². The summed E-state index contributed by atoms with van der Waals surface area (Å²) in [5, 5.41) is 3.06. The minimum Gasteiger partial charge on any atom is -0.357 e. The maximum atomic E-state index is 11.9. The Morgan fingerprint density at radius 2 is 2.20 bits per heavy atom. The second kappa shape index (κ2) is 4.23. The van der Waals surface area contributed by atoms with E-state index < -0.39 is 0 Å². The van der Waals surface area contributed by atoms with Gasteiger partial charge < -0.3 is 10.3 Å². The van der Waals surface area contributed by atoms with Crippen molar-refractivity contribution in [3.05, 3.63) is 59.4 Å². The largest absolute Gasteiger partial charge is 0.357 e. The number of rotatable bonds is 3. The number of aromatic nitrogens is 1. The van der Waals surface area contributed by atoms with E-state index in [4.69, 9.17) is 0 Å². The number of hydrogen-bond donors (Lipinski definition) is 2. The first-order valence-electron chi connectivity index (χ1n) is 7.29. The number of benzene rings is 1. The van der Waals surface area contributed by atoms with Crippen LogP contribution in [0.15, 0.2) is 42.6 Å². The van der Waals surface area contributed by atoms with Gasteiger partial charge in [0.2, 0.25) is 0 Å². The monoisotopic (exact) mass is 266 g/mol. The van der Waals surface area contributed by atoms with Crippen molar-refractivity contribution in [1.82, 2.24) is 10.3 Å². The first kappa shape index (κ1) is 11.8. The molecule has 0 unspecified atom stereocenters. The highest BCUT2D eigenvalue weighted by Crippen LogP contribution is 2.61. The molecule has 1 saturated carbocycles. The van der Waals surface area contributed by atoms with Crippen LogP contribution in [0.4, 0.5) is 0 Å². The highest BCUT2D eigenvalue weighted by Gasteiger charge is 2.57. The molecule has 0 aliphatic heterocycles. The number of carbonyl (C=O) groups excluding carboxylic acids is 1. The van der Waals surface area contributed by atoms with Crippen LogP contribution in [0, 0.1) is 5.92 Å². The number of fused-ring (bicyclic) bond motifs is 2. The second-order valence-electron chi connectivity index (χ2n) is 6.01. The molecule has 2 aliphatic rings. The molecule has 1 heterocycles. The Kier molecular flexibility index (Phi) is 2.49. The molecule has 0 bridgehead atoms. The third-order valence-electron chi connectivity index (χ3n) is 4.98. The van der Waals surface area contributed by atoms with Gasteiger partial charge in [-0.15, -0.1) is 0 Å². The van der Waals surface area contributed by atoms with Crippen molar-refractivity contribution in [3.63, 3.8) is 0 Å². The number of aromatic amines is 1. The maximum Gasteiger partial charge on any atom is 0.267 e. The Balaban J connectivity index is 1.43. The lowest BCUT2D eigenvalue weighted by atomic mass is 9.95. The molecule has 20 heavy (non-hydrogen) atoms. The molecular formula is C17H18N2O. The summed E-state index contributed by atoms with van der Waals surface area (Å²) in [7, 11) is 0. The summed E-state index contributed by atoms with van der Waals surface area (Å²) in [6.07, 6.45) is 5.43. The second-order valence-corrected chi connectivity index (χ2v) is 6.01. The lowest BCUT2D eigenvalue weighted by molar-refractivity contribution is 0.0946. The number of aryl methyl sites for hydroxylation is 1. The molecule has 2 atom stereocenters. The van der Waals surface area contributed by atoms with Crippen molar-refractivity contribution in [1.29, 1.82) is 0 Å². The highest BCUT2D eigenvalue weighted by molar-refractivity contribution is 5.92. The number of amides is 1. The van der Waals surface area contributed by atoms with Gasteiger partial charge >= 0.3 is 0 Å². The molecular weight excluding hydrogens is 248 g/mol. The Hall–Kier alpha value is -2.03. The number of carbonyl (C=O) groups is 1. The van der Waals surface area contributed by atoms with Gasteiger partial charge in [-0.05, 0) is 48.4 Å². The minimum atomic E-state index is 0.00309.